The number of aliphatic hydroxyl groups is 3. The normalized spacial score (nSPS) is 28.8. The van der Waals surface area contributed by atoms with Crippen molar-refractivity contribution in [1.82, 2.24) is 9.97 Å². The van der Waals surface area contributed by atoms with E-state index < -0.39 is 49.0 Å². The maximum atomic E-state index is 12.2. The third kappa shape index (κ3) is 5.18. The minimum atomic E-state index is -4.31. The standard InChI is InChI=1S/C19H29N2O8P/c1-6-8-12-14(20-10(3)18(25)21-12)17-16(24)15(23)13(28-17)9-19(5,7-2)29-30(26,27)11(4)22/h11,13,15-17,22-24H,7,9H2,1-5H3,(H,21,25)(H,26,27)/t11?,13-,15?,16+,17+,19?/m1/s1. The molecule has 0 aromatic carbocycles. The molecule has 4 unspecified atom stereocenters. The quantitative estimate of drug-likeness (QED) is 0.301. The molecule has 0 amide bonds. The van der Waals surface area contributed by atoms with Crippen LogP contribution in [0, 0.1) is 18.8 Å². The number of nitrogens with one attached hydrogen (secondary N) is 1. The smallest absolute Gasteiger partial charge is 0.356 e. The van der Waals surface area contributed by atoms with E-state index in [2.05, 4.69) is 21.8 Å². The van der Waals surface area contributed by atoms with E-state index in [-0.39, 0.29) is 29.9 Å². The highest BCUT2D eigenvalue weighted by Gasteiger charge is 2.48. The minimum Gasteiger partial charge on any atom is -0.388 e. The fraction of sp³-hybridized carbons (Fsp3) is 0.684. The van der Waals surface area contributed by atoms with E-state index in [1.165, 1.54) is 6.92 Å². The molecule has 11 heteroatoms. The lowest BCUT2D eigenvalue weighted by molar-refractivity contribution is -0.0499. The zero-order valence-electron chi connectivity index (χ0n) is 17.6. The summed E-state index contributed by atoms with van der Waals surface area (Å²) in [6.07, 6.45) is -4.50. The molecule has 0 aliphatic carbocycles. The van der Waals surface area contributed by atoms with Gasteiger partial charge < -0.3 is 34.5 Å². The SMILES string of the molecule is CC#Cc1[nH]c(=O)c(C)nc1[C@@H]1O[C@H](CC(C)(CC)OP(=O)(O)C(C)O)C(O)[C@@H]1O. The van der Waals surface area contributed by atoms with Crippen LogP contribution in [0.5, 0.6) is 0 Å². The van der Waals surface area contributed by atoms with Crippen LogP contribution in [0.1, 0.15) is 63.7 Å². The lowest BCUT2D eigenvalue weighted by Gasteiger charge is -2.34. The lowest BCUT2D eigenvalue weighted by Crippen LogP contribution is -2.38. The summed E-state index contributed by atoms with van der Waals surface area (Å²) in [7, 11) is -4.31. The van der Waals surface area contributed by atoms with Gasteiger partial charge in [-0.15, -0.1) is 0 Å². The topological polar surface area (TPSA) is 162 Å². The minimum absolute atomic E-state index is 0.0351. The first-order chi connectivity index (χ1) is 13.8. The Morgan fingerprint density at radius 1 is 1.40 bits per heavy atom. The summed E-state index contributed by atoms with van der Waals surface area (Å²) in [5, 5.41) is 30.6. The highest BCUT2D eigenvalue weighted by Crippen LogP contribution is 2.52. The molecule has 7 atom stereocenters. The number of hydrogen-bond acceptors (Lipinski definition) is 8. The number of hydrogen-bond donors (Lipinski definition) is 5. The summed E-state index contributed by atoms with van der Waals surface area (Å²) < 4.78 is 23.3. The van der Waals surface area contributed by atoms with Crippen molar-refractivity contribution in [2.24, 2.45) is 0 Å². The first-order valence-corrected chi connectivity index (χ1v) is 11.3. The van der Waals surface area contributed by atoms with Crippen LogP contribution < -0.4 is 5.56 Å². The van der Waals surface area contributed by atoms with E-state index in [0.29, 0.717) is 0 Å². The molecule has 1 aliphatic heterocycles. The highest BCUT2D eigenvalue weighted by atomic mass is 31.2. The molecular weight excluding hydrogens is 415 g/mol. The highest BCUT2D eigenvalue weighted by molar-refractivity contribution is 7.53. The molecule has 1 saturated heterocycles. The van der Waals surface area contributed by atoms with Crippen LogP contribution in [0.4, 0.5) is 0 Å². The van der Waals surface area contributed by atoms with Crippen molar-refractivity contribution < 1.29 is 34.0 Å². The Bertz CT molecular complexity index is 937. The third-order valence-electron chi connectivity index (χ3n) is 5.20. The zero-order chi connectivity index (χ0) is 22.9. The average Bonchev–Trinajstić information content (AvgIpc) is 2.92. The summed E-state index contributed by atoms with van der Waals surface area (Å²) in [5.41, 5.74) is -1.13. The van der Waals surface area contributed by atoms with Gasteiger partial charge in [0.2, 0.25) is 0 Å². The molecule has 2 rings (SSSR count). The number of aromatic nitrogens is 2. The Labute approximate surface area is 174 Å². The van der Waals surface area contributed by atoms with Crippen molar-refractivity contribution in [2.75, 3.05) is 0 Å². The second-order valence-corrected chi connectivity index (χ2v) is 9.72. The van der Waals surface area contributed by atoms with Gasteiger partial charge in [-0.3, -0.25) is 9.36 Å². The summed E-state index contributed by atoms with van der Waals surface area (Å²) >= 11 is 0. The number of aromatic amines is 1. The van der Waals surface area contributed by atoms with Gasteiger partial charge in [-0.1, -0.05) is 12.8 Å². The fourth-order valence-corrected chi connectivity index (χ4v) is 4.18. The van der Waals surface area contributed by atoms with Crippen molar-refractivity contribution in [3.05, 3.63) is 27.4 Å². The number of aryl methyl sites for hydroxylation is 1. The molecular formula is C19H29N2O8P. The number of nitrogens with zero attached hydrogens (tertiary/aromatic N) is 1. The molecule has 0 radical (unpaired) electrons. The van der Waals surface area contributed by atoms with Crippen molar-refractivity contribution >= 4 is 7.60 Å². The Morgan fingerprint density at radius 3 is 2.57 bits per heavy atom. The van der Waals surface area contributed by atoms with Gasteiger partial charge in [-0.05, 0) is 40.0 Å². The van der Waals surface area contributed by atoms with Gasteiger partial charge in [-0.2, -0.15) is 0 Å². The van der Waals surface area contributed by atoms with E-state index in [1.54, 1.807) is 20.8 Å². The fourth-order valence-electron chi connectivity index (χ4n) is 3.19. The monoisotopic (exact) mass is 444 g/mol. The molecule has 30 heavy (non-hydrogen) atoms. The summed E-state index contributed by atoms with van der Waals surface area (Å²) in [6.45, 7) is 7.50. The summed E-state index contributed by atoms with van der Waals surface area (Å²) in [6, 6.07) is 0. The van der Waals surface area contributed by atoms with Crippen molar-refractivity contribution in [3.8, 4) is 11.8 Å². The van der Waals surface area contributed by atoms with Crippen LogP contribution >= 0.6 is 7.60 Å². The molecule has 1 aromatic heterocycles. The van der Waals surface area contributed by atoms with Crippen LogP contribution in [0.2, 0.25) is 0 Å². The van der Waals surface area contributed by atoms with Crippen molar-refractivity contribution in [3.63, 3.8) is 0 Å². The van der Waals surface area contributed by atoms with Gasteiger partial charge in [0.15, 0.2) is 5.85 Å². The summed E-state index contributed by atoms with van der Waals surface area (Å²) in [4.78, 5) is 28.6. The number of H-pyrrole nitrogens is 1. The van der Waals surface area contributed by atoms with Crippen molar-refractivity contribution in [1.29, 1.82) is 0 Å². The second-order valence-electron chi connectivity index (χ2n) is 7.66. The van der Waals surface area contributed by atoms with Crippen LogP contribution in [-0.4, -0.2) is 59.9 Å². The van der Waals surface area contributed by atoms with Crippen LogP contribution in [-0.2, 0) is 13.8 Å². The Hall–Kier alpha value is -1.57. The van der Waals surface area contributed by atoms with Crippen molar-refractivity contribution in [2.45, 2.75) is 83.3 Å². The third-order valence-corrected chi connectivity index (χ3v) is 6.84. The maximum absolute atomic E-state index is 12.2. The molecule has 0 saturated carbocycles. The number of ether oxygens (including phenoxy) is 1. The first kappa shape index (κ1) is 24.7. The Morgan fingerprint density at radius 2 is 2.03 bits per heavy atom. The Balaban J connectivity index is 2.33. The first-order valence-electron chi connectivity index (χ1n) is 9.61. The van der Waals surface area contributed by atoms with Gasteiger partial charge in [0.25, 0.3) is 5.56 Å². The molecule has 1 aromatic rings. The number of rotatable bonds is 7. The maximum Gasteiger partial charge on any atom is 0.356 e. The van der Waals surface area contributed by atoms with Gasteiger partial charge in [0, 0.05) is 6.42 Å². The van der Waals surface area contributed by atoms with Gasteiger partial charge in [0.1, 0.15) is 35.4 Å². The van der Waals surface area contributed by atoms with Gasteiger partial charge in [-0.25, -0.2) is 4.98 Å². The number of aliphatic hydroxyl groups excluding tert-OH is 3. The molecule has 1 aliphatic rings. The molecule has 168 valence electrons. The lowest BCUT2D eigenvalue weighted by atomic mass is 9.92. The molecule has 5 N–H and O–H groups in total. The zero-order valence-corrected chi connectivity index (χ0v) is 18.5. The summed E-state index contributed by atoms with van der Waals surface area (Å²) in [5.74, 6) is 3.78. The van der Waals surface area contributed by atoms with Crippen LogP contribution in [0.25, 0.3) is 0 Å². The predicted molar refractivity (Wildman–Crippen MR) is 108 cm³/mol. The Kier molecular flexibility index (Phi) is 7.64. The molecule has 0 spiro atoms. The van der Waals surface area contributed by atoms with E-state index in [1.807, 2.05) is 0 Å². The molecule has 0 bridgehead atoms. The predicted octanol–water partition coefficient (Wildman–Crippen LogP) is 0.711. The largest absolute Gasteiger partial charge is 0.388 e. The molecule has 2 heterocycles. The van der Waals surface area contributed by atoms with E-state index in [9.17, 15) is 29.6 Å². The van der Waals surface area contributed by atoms with Crippen LogP contribution in [0.15, 0.2) is 4.79 Å². The van der Waals surface area contributed by atoms with E-state index >= 15 is 0 Å². The average molecular weight is 444 g/mol. The van der Waals surface area contributed by atoms with Crippen LogP contribution in [0.3, 0.4) is 0 Å². The second kappa shape index (κ2) is 9.28. The molecule has 10 nitrogen and oxygen atoms in total. The molecule has 1 fully saturated rings. The van der Waals surface area contributed by atoms with Gasteiger partial charge >= 0.3 is 7.60 Å². The van der Waals surface area contributed by atoms with E-state index in [0.717, 1.165) is 6.92 Å². The van der Waals surface area contributed by atoms with Gasteiger partial charge in [0.05, 0.1) is 11.7 Å². The van der Waals surface area contributed by atoms with E-state index in [4.69, 9.17) is 9.26 Å².